The topological polar surface area (TPSA) is 41.3 Å². The van der Waals surface area contributed by atoms with Gasteiger partial charge in [0.05, 0.1) is 0 Å². The third-order valence-corrected chi connectivity index (χ3v) is 2.32. The molecule has 0 aromatic heterocycles. The van der Waals surface area contributed by atoms with Crippen LogP contribution in [0.2, 0.25) is 0 Å². The van der Waals surface area contributed by atoms with Crippen molar-refractivity contribution >= 4 is 11.4 Å². The molecule has 1 aromatic rings. The molecule has 0 bridgehead atoms. The summed E-state index contributed by atoms with van der Waals surface area (Å²) in [6, 6.07) is 6.48. The molecule has 0 fully saturated rings. The molecule has 3 heteroatoms. The van der Waals surface area contributed by atoms with E-state index in [0.29, 0.717) is 6.04 Å². The van der Waals surface area contributed by atoms with Gasteiger partial charge < -0.3 is 16.0 Å². The fourth-order valence-corrected chi connectivity index (χ4v) is 1.64. The molecule has 84 valence electrons. The van der Waals surface area contributed by atoms with Crippen LogP contribution in [0.1, 0.15) is 12.5 Å². The minimum Gasteiger partial charge on any atom is -0.399 e. The van der Waals surface area contributed by atoms with Gasteiger partial charge in [-0.05, 0) is 51.7 Å². The second-order valence-electron chi connectivity index (χ2n) is 4.38. The summed E-state index contributed by atoms with van der Waals surface area (Å²) in [7, 11) is 4.15. The van der Waals surface area contributed by atoms with Crippen molar-refractivity contribution in [3.8, 4) is 0 Å². The molecule has 0 spiro atoms. The number of aryl methyl sites for hydroxylation is 1. The van der Waals surface area contributed by atoms with Gasteiger partial charge in [0.2, 0.25) is 0 Å². The van der Waals surface area contributed by atoms with Crippen LogP contribution in [0.4, 0.5) is 11.4 Å². The van der Waals surface area contributed by atoms with Crippen molar-refractivity contribution in [1.29, 1.82) is 0 Å². The van der Waals surface area contributed by atoms with Gasteiger partial charge in [0.25, 0.3) is 0 Å². The zero-order valence-electron chi connectivity index (χ0n) is 10.0. The molecular formula is C12H21N3. The lowest BCUT2D eigenvalue weighted by Crippen LogP contribution is -2.29. The van der Waals surface area contributed by atoms with Gasteiger partial charge >= 0.3 is 0 Å². The van der Waals surface area contributed by atoms with Gasteiger partial charge in [-0.1, -0.05) is 0 Å². The fraction of sp³-hybridized carbons (Fsp3) is 0.500. The fourth-order valence-electron chi connectivity index (χ4n) is 1.64. The van der Waals surface area contributed by atoms with Crippen molar-refractivity contribution in [2.24, 2.45) is 0 Å². The molecule has 0 saturated carbocycles. The van der Waals surface area contributed by atoms with E-state index in [1.165, 1.54) is 0 Å². The van der Waals surface area contributed by atoms with Crippen LogP contribution < -0.4 is 11.1 Å². The molecule has 3 nitrogen and oxygen atoms in total. The first-order valence-corrected chi connectivity index (χ1v) is 5.26. The first-order chi connectivity index (χ1) is 6.99. The third-order valence-electron chi connectivity index (χ3n) is 2.32. The lowest BCUT2D eigenvalue weighted by atomic mass is 10.1. The van der Waals surface area contributed by atoms with Crippen molar-refractivity contribution in [2.45, 2.75) is 19.9 Å². The van der Waals surface area contributed by atoms with E-state index >= 15 is 0 Å². The van der Waals surface area contributed by atoms with Gasteiger partial charge in [0.15, 0.2) is 0 Å². The Kier molecular flexibility index (Phi) is 3.97. The van der Waals surface area contributed by atoms with Gasteiger partial charge in [0, 0.05) is 24.0 Å². The first-order valence-electron chi connectivity index (χ1n) is 5.26. The highest BCUT2D eigenvalue weighted by Gasteiger charge is 2.03. The predicted molar refractivity (Wildman–Crippen MR) is 67.2 cm³/mol. The average molecular weight is 207 g/mol. The number of nitrogen functional groups attached to an aromatic ring is 1. The Balaban J connectivity index is 2.60. The van der Waals surface area contributed by atoms with Gasteiger partial charge in [-0.3, -0.25) is 0 Å². The molecule has 0 aliphatic rings. The van der Waals surface area contributed by atoms with E-state index in [1.807, 2.05) is 19.1 Å². The SMILES string of the molecule is Cc1cc(NC(C)CN(C)C)ccc1N. The molecule has 1 aromatic carbocycles. The predicted octanol–water partition coefficient (Wildman–Crippen LogP) is 1.94. The number of hydrogen-bond acceptors (Lipinski definition) is 3. The number of rotatable bonds is 4. The zero-order chi connectivity index (χ0) is 11.4. The highest BCUT2D eigenvalue weighted by molar-refractivity contribution is 5.56. The second kappa shape index (κ2) is 5.03. The summed E-state index contributed by atoms with van der Waals surface area (Å²) in [5, 5.41) is 3.44. The monoisotopic (exact) mass is 207 g/mol. The molecule has 1 unspecified atom stereocenters. The lowest BCUT2D eigenvalue weighted by molar-refractivity contribution is 0.392. The Hall–Kier alpha value is -1.22. The second-order valence-corrected chi connectivity index (χ2v) is 4.38. The number of nitrogens with two attached hydrogens (primary N) is 1. The van der Waals surface area contributed by atoms with E-state index in [1.54, 1.807) is 0 Å². The van der Waals surface area contributed by atoms with Crippen molar-refractivity contribution in [3.63, 3.8) is 0 Å². The quantitative estimate of drug-likeness (QED) is 0.741. The van der Waals surface area contributed by atoms with Gasteiger partial charge in [0.1, 0.15) is 0 Å². The Morgan fingerprint density at radius 1 is 1.40 bits per heavy atom. The minimum absolute atomic E-state index is 0.433. The van der Waals surface area contributed by atoms with E-state index in [9.17, 15) is 0 Å². The molecule has 1 rings (SSSR count). The average Bonchev–Trinajstić information content (AvgIpc) is 2.10. The Labute approximate surface area is 92.3 Å². The van der Waals surface area contributed by atoms with Crippen LogP contribution >= 0.6 is 0 Å². The number of hydrogen-bond donors (Lipinski definition) is 2. The summed E-state index contributed by atoms with van der Waals surface area (Å²) in [4.78, 5) is 2.17. The van der Waals surface area contributed by atoms with Gasteiger partial charge in [-0.2, -0.15) is 0 Å². The smallest absolute Gasteiger partial charge is 0.0360 e. The summed E-state index contributed by atoms with van der Waals surface area (Å²) in [5.41, 5.74) is 8.87. The summed E-state index contributed by atoms with van der Waals surface area (Å²) in [5.74, 6) is 0. The van der Waals surface area contributed by atoms with Crippen LogP contribution in [0.25, 0.3) is 0 Å². The minimum atomic E-state index is 0.433. The number of anilines is 2. The molecule has 15 heavy (non-hydrogen) atoms. The Morgan fingerprint density at radius 2 is 2.07 bits per heavy atom. The number of likely N-dealkylation sites (N-methyl/N-ethyl adjacent to an activating group) is 1. The molecule has 0 amide bonds. The lowest BCUT2D eigenvalue weighted by Gasteiger charge is -2.19. The zero-order valence-corrected chi connectivity index (χ0v) is 10.0. The van der Waals surface area contributed by atoms with Crippen LogP contribution in [-0.4, -0.2) is 31.6 Å². The molecular weight excluding hydrogens is 186 g/mol. The van der Waals surface area contributed by atoms with Crippen LogP contribution in [0.5, 0.6) is 0 Å². The van der Waals surface area contributed by atoms with E-state index in [2.05, 4.69) is 37.3 Å². The van der Waals surface area contributed by atoms with E-state index in [0.717, 1.165) is 23.5 Å². The van der Waals surface area contributed by atoms with Crippen molar-refractivity contribution in [3.05, 3.63) is 23.8 Å². The van der Waals surface area contributed by atoms with Crippen LogP contribution in [-0.2, 0) is 0 Å². The summed E-state index contributed by atoms with van der Waals surface area (Å²) in [6.07, 6.45) is 0. The maximum absolute atomic E-state index is 5.76. The molecule has 3 N–H and O–H groups in total. The van der Waals surface area contributed by atoms with Crippen LogP contribution in [0, 0.1) is 6.92 Å². The standard InChI is InChI=1S/C12H21N3/c1-9-7-11(5-6-12(9)13)14-10(2)8-15(3)4/h5-7,10,14H,8,13H2,1-4H3. The maximum Gasteiger partial charge on any atom is 0.0360 e. The van der Waals surface area contributed by atoms with Gasteiger partial charge in [-0.25, -0.2) is 0 Å². The molecule has 0 saturated heterocycles. The first kappa shape index (κ1) is 11.9. The van der Waals surface area contributed by atoms with Crippen LogP contribution in [0.3, 0.4) is 0 Å². The number of nitrogens with zero attached hydrogens (tertiary/aromatic N) is 1. The molecule has 0 heterocycles. The highest BCUT2D eigenvalue weighted by atomic mass is 15.1. The number of nitrogens with one attached hydrogen (secondary N) is 1. The Bertz CT molecular complexity index is 321. The summed E-state index contributed by atoms with van der Waals surface area (Å²) < 4.78 is 0. The van der Waals surface area contributed by atoms with E-state index in [-0.39, 0.29) is 0 Å². The molecule has 0 aliphatic heterocycles. The number of benzene rings is 1. The van der Waals surface area contributed by atoms with Crippen LogP contribution in [0.15, 0.2) is 18.2 Å². The van der Waals surface area contributed by atoms with E-state index in [4.69, 9.17) is 5.73 Å². The molecule has 0 aliphatic carbocycles. The summed E-state index contributed by atoms with van der Waals surface area (Å²) >= 11 is 0. The highest BCUT2D eigenvalue weighted by Crippen LogP contribution is 2.17. The van der Waals surface area contributed by atoms with Crippen molar-refractivity contribution in [2.75, 3.05) is 31.7 Å². The van der Waals surface area contributed by atoms with Crippen molar-refractivity contribution in [1.82, 2.24) is 4.90 Å². The largest absolute Gasteiger partial charge is 0.399 e. The maximum atomic E-state index is 5.76. The molecule has 1 atom stereocenters. The Morgan fingerprint density at radius 3 is 2.60 bits per heavy atom. The normalized spacial score (nSPS) is 12.9. The van der Waals surface area contributed by atoms with Gasteiger partial charge in [-0.15, -0.1) is 0 Å². The molecule has 0 radical (unpaired) electrons. The van der Waals surface area contributed by atoms with E-state index < -0.39 is 0 Å². The summed E-state index contributed by atoms with van der Waals surface area (Å²) in [6.45, 7) is 5.21. The van der Waals surface area contributed by atoms with Crippen molar-refractivity contribution < 1.29 is 0 Å². The third kappa shape index (κ3) is 3.80.